The highest BCUT2D eigenvalue weighted by atomic mass is 35.5. The molecule has 0 bridgehead atoms. The van der Waals surface area contributed by atoms with Crippen molar-refractivity contribution in [1.29, 1.82) is 0 Å². The fourth-order valence-corrected chi connectivity index (χ4v) is 1.39. The van der Waals surface area contributed by atoms with Gasteiger partial charge in [-0.05, 0) is 12.1 Å². The first-order chi connectivity index (χ1) is 8.08. The van der Waals surface area contributed by atoms with Gasteiger partial charge in [-0.3, -0.25) is 0 Å². The molecule has 7 heteroatoms. The monoisotopic (exact) mass is 273 g/mol. The van der Waals surface area contributed by atoms with Crippen LogP contribution >= 0.6 is 23.2 Å². The first kappa shape index (κ1) is 11.9. The summed E-state index contributed by atoms with van der Waals surface area (Å²) in [7, 11) is 0. The molecule has 4 nitrogen and oxygen atoms in total. The molecule has 0 spiro atoms. The lowest BCUT2D eigenvalue weighted by atomic mass is 10.3. The molecule has 2 aromatic rings. The summed E-state index contributed by atoms with van der Waals surface area (Å²) in [5.74, 6) is -0.141. The number of rotatable bonds is 2. The number of hydrogen-bond acceptors (Lipinski definition) is 4. The fraction of sp³-hybridized carbons (Fsp3) is 0. The van der Waals surface area contributed by atoms with Crippen molar-refractivity contribution >= 4 is 28.9 Å². The second-order valence-corrected chi connectivity index (χ2v) is 3.83. The number of halogens is 3. The van der Waals surface area contributed by atoms with E-state index in [0.717, 1.165) is 0 Å². The first-order valence-corrected chi connectivity index (χ1v) is 5.22. The molecule has 0 saturated carbocycles. The van der Waals surface area contributed by atoms with Crippen molar-refractivity contribution in [2.75, 3.05) is 5.73 Å². The van der Waals surface area contributed by atoms with Gasteiger partial charge in [-0.25, -0.2) is 9.37 Å². The van der Waals surface area contributed by atoms with Crippen LogP contribution in [0.2, 0.25) is 10.2 Å². The normalized spacial score (nSPS) is 10.3. The Kier molecular flexibility index (Phi) is 3.31. The SMILES string of the molecule is Nc1c(Cl)ncnc1Oc1ccc(F)c(Cl)c1. The van der Waals surface area contributed by atoms with Crippen LogP contribution in [0.5, 0.6) is 11.6 Å². The summed E-state index contributed by atoms with van der Waals surface area (Å²) in [4.78, 5) is 7.48. The van der Waals surface area contributed by atoms with Gasteiger partial charge in [0.25, 0.3) is 0 Å². The Hall–Kier alpha value is -1.59. The Morgan fingerprint density at radius 2 is 2.00 bits per heavy atom. The summed E-state index contributed by atoms with van der Waals surface area (Å²) in [6.45, 7) is 0. The van der Waals surface area contributed by atoms with Crippen LogP contribution in [-0.4, -0.2) is 9.97 Å². The highest BCUT2D eigenvalue weighted by molar-refractivity contribution is 6.32. The van der Waals surface area contributed by atoms with Crippen molar-refractivity contribution in [2.45, 2.75) is 0 Å². The molecule has 1 aromatic carbocycles. The van der Waals surface area contributed by atoms with E-state index < -0.39 is 5.82 Å². The predicted octanol–water partition coefficient (Wildman–Crippen LogP) is 3.30. The minimum Gasteiger partial charge on any atom is -0.437 e. The van der Waals surface area contributed by atoms with Crippen LogP contribution in [-0.2, 0) is 0 Å². The standard InChI is InChI=1S/C10H6Cl2FN3O/c11-6-3-5(1-2-7(6)13)17-10-8(14)9(12)15-4-16-10/h1-4H,14H2. The summed E-state index contributed by atoms with van der Waals surface area (Å²) >= 11 is 11.3. The smallest absolute Gasteiger partial charge is 0.247 e. The van der Waals surface area contributed by atoms with Gasteiger partial charge in [0.05, 0.1) is 5.02 Å². The number of benzene rings is 1. The Labute approximate surface area is 106 Å². The third-order valence-corrected chi connectivity index (χ3v) is 2.50. The maximum Gasteiger partial charge on any atom is 0.247 e. The highest BCUT2D eigenvalue weighted by Crippen LogP contribution is 2.30. The lowest BCUT2D eigenvalue weighted by molar-refractivity contribution is 0.462. The van der Waals surface area contributed by atoms with Crippen molar-refractivity contribution < 1.29 is 9.13 Å². The molecule has 17 heavy (non-hydrogen) atoms. The van der Waals surface area contributed by atoms with Gasteiger partial charge in [0.15, 0.2) is 5.15 Å². The number of hydrogen-bond donors (Lipinski definition) is 1. The molecule has 1 heterocycles. The Balaban J connectivity index is 2.31. The molecule has 88 valence electrons. The summed E-state index contributed by atoms with van der Waals surface area (Å²) in [6, 6.07) is 3.89. The number of nitrogen functional groups attached to an aromatic ring is 1. The zero-order chi connectivity index (χ0) is 12.4. The zero-order valence-electron chi connectivity index (χ0n) is 8.32. The average Bonchev–Trinajstić information content (AvgIpc) is 2.30. The molecule has 2 rings (SSSR count). The maximum atomic E-state index is 12.9. The molecule has 2 N–H and O–H groups in total. The number of aromatic nitrogens is 2. The average molecular weight is 274 g/mol. The van der Waals surface area contributed by atoms with Crippen LogP contribution in [0.1, 0.15) is 0 Å². The zero-order valence-corrected chi connectivity index (χ0v) is 9.84. The van der Waals surface area contributed by atoms with Crippen molar-refractivity contribution in [3.8, 4) is 11.6 Å². The number of ether oxygens (including phenoxy) is 1. The molecule has 0 unspecified atom stereocenters. The van der Waals surface area contributed by atoms with E-state index in [2.05, 4.69) is 9.97 Å². The predicted molar refractivity (Wildman–Crippen MR) is 62.9 cm³/mol. The molecule has 0 aliphatic rings. The molecule has 0 atom stereocenters. The van der Waals surface area contributed by atoms with Crippen molar-refractivity contribution in [2.24, 2.45) is 0 Å². The molecular formula is C10H6Cl2FN3O. The van der Waals surface area contributed by atoms with Crippen LogP contribution < -0.4 is 10.5 Å². The van der Waals surface area contributed by atoms with E-state index >= 15 is 0 Å². The van der Waals surface area contributed by atoms with Gasteiger partial charge in [-0.1, -0.05) is 23.2 Å². The molecule has 1 aromatic heterocycles. The van der Waals surface area contributed by atoms with E-state index in [0.29, 0.717) is 5.75 Å². The third-order valence-electron chi connectivity index (χ3n) is 1.90. The lowest BCUT2D eigenvalue weighted by Crippen LogP contribution is -1.97. The summed E-state index contributed by atoms with van der Waals surface area (Å²) in [6.07, 6.45) is 1.21. The van der Waals surface area contributed by atoms with Crippen LogP contribution in [0.3, 0.4) is 0 Å². The van der Waals surface area contributed by atoms with Gasteiger partial charge >= 0.3 is 0 Å². The summed E-state index contributed by atoms with van der Waals surface area (Å²) < 4.78 is 18.2. The molecule has 0 radical (unpaired) electrons. The van der Waals surface area contributed by atoms with Crippen LogP contribution in [0, 0.1) is 5.82 Å². The highest BCUT2D eigenvalue weighted by Gasteiger charge is 2.09. The van der Waals surface area contributed by atoms with E-state index in [1.807, 2.05) is 0 Å². The van der Waals surface area contributed by atoms with E-state index in [-0.39, 0.29) is 21.7 Å². The lowest BCUT2D eigenvalue weighted by Gasteiger charge is -2.07. The minimum absolute atomic E-state index is 0.0544. The third kappa shape index (κ3) is 2.57. The van der Waals surface area contributed by atoms with E-state index in [9.17, 15) is 4.39 Å². The Morgan fingerprint density at radius 3 is 2.71 bits per heavy atom. The van der Waals surface area contributed by atoms with Gasteiger partial charge in [-0.2, -0.15) is 4.98 Å². The van der Waals surface area contributed by atoms with Crippen molar-refractivity contribution in [3.63, 3.8) is 0 Å². The van der Waals surface area contributed by atoms with Gasteiger partial charge in [0.1, 0.15) is 23.6 Å². The number of anilines is 1. The largest absolute Gasteiger partial charge is 0.437 e. The van der Waals surface area contributed by atoms with E-state index in [1.54, 1.807) is 0 Å². The number of nitrogens with zero attached hydrogens (tertiary/aromatic N) is 2. The van der Waals surface area contributed by atoms with E-state index in [1.165, 1.54) is 24.5 Å². The maximum absolute atomic E-state index is 12.9. The van der Waals surface area contributed by atoms with Gasteiger partial charge in [-0.15, -0.1) is 0 Å². The van der Waals surface area contributed by atoms with Crippen LogP contribution in [0.25, 0.3) is 0 Å². The minimum atomic E-state index is -0.535. The molecule has 0 aliphatic carbocycles. The van der Waals surface area contributed by atoms with Crippen LogP contribution in [0.4, 0.5) is 10.1 Å². The van der Waals surface area contributed by atoms with Gasteiger partial charge < -0.3 is 10.5 Å². The fourth-order valence-electron chi connectivity index (χ4n) is 1.09. The molecule has 0 fully saturated rings. The second kappa shape index (κ2) is 4.73. The second-order valence-electron chi connectivity index (χ2n) is 3.06. The molecular weight excluding hydrogens is 268 g/mol. The molecule has 0 aliphatic heterocycles. The van der Waals surface area contributed by atoms with Crippen molar-refractivity contribution in [1.82, 2.24) is 9.97 Å². The van der Waals surface area contributed by atoms with Crippen molar-refractivity contribution in [3.05, 3.63) is 40.5 Å². The van der Waals surface area contributed by atoms with E-state index in [4.69, 9.17) is 33.7 Å². The molecule has 0 amide bonds. The van der Waals surface area contributed by atoms with Gasteiger partial charge in [0.2, 0.25) is 5.88 Å². The Bertz CT molecular complexity index is 565. The van der Waals surface area contributed by atoms with Gasteiger partial charge in [0, 0.05) is 6.07 Å². The number of nitrogens with two attached hydrogens (primary N) is 1. The summed E-state index contributed by atoms with van der Waals surface area (Å²) in [5.41, 5.74) is 5.72. The quantitative estimate of drug-likeness (QED) is 0.853. The topological polar surface area (TPSA) is 61.0 Å². The first-order valence-electron chi connectivity index (χ1n) is 4.47. The Morgan fingerprint density at radius 1 is 1.24 bits per heavy atom. The van der Waals surface area contributed by atoms with Crippen LogP contribution in [0.15, 0.2) is 24.5 Å². The summed E-state index contributed by atoms with van der Waals surface area (Å²) in [5, 5.41) is 0.0319. The molecule has 0 saturated heterocycles.